The average molecular weight is 225 g/mol. The summed E-state index contributed by atoms with van der Waals surface area (Å²) in [6.45, 7) is 1.34. The Balaban J connectivity index is 2.27. The van der Waals surface area contributed by atoms with Crippen molar-refractivity contribution < 1.29 is 14.6 Å². The Hall–Kier alpha value is -1.98. The third-order valence-corrected chi connectivity index (χ3v) is 1.93. The monoisotopic (exact) mass is 225 g/mol. The molecule has 1 unspecified atom stereocenters. The number of amidine groups is 1. The number of amides is 1. The lowest BCUT2D eigenvalue weighted by atomic mass is 10.3. The molecule has 0 saturated carbocycles. The van der Waals surface area contributed by atoms with Crippen molar-refractivity contribution in [3.05, 3.63) is 24.3 Å². The van der Waals surface area contributed by atoms with Crippen LogP contribution in [0, 0.1) is 5.41 Å². The zero-order chi connectivity index (χ0) is 12.0. The SMILES string of the molecule is CC(=O)NC(=N)/C=C\NC1CC/C(=C/O)O1. The summed E-state index contributed by atoms with van der Waals surface area (Å²) in [6, 6.07) is 0. The summed E-state index contributed by atoms with van der Waals surface area (Å²) in [5, 5.41) is 21.2. The number of allylic oxidation sites excluding steroid dienone is 1. The largest absolute Gasteiger partial charge is 0.512 e. The van der Waals surface area contributed by atoms with Crippen LogP contribution in [0.5, 0.6) is 0 Å². The summed E-state index contributed by atoms with van der Waals surface area (Å²) in [7, 11) is 0. The highest BCUT2D eigenvalue weighted by Crippen LogP contribution is 2.20. The number of ether oxygens (including phenoxy) is 1. The van der Waals surface area contributed by atoms with E-state index < -0.39 is 0 Å². The van der Waals surface area contributed by atoms with Crippen LogP contribution in [0.1, 0.15) is 19.8 Å². The van der Waals surface area contributed by atoms with Gasteiger partial charge in [-0.2, -0.15) is 0 Å². The Bertz CT molecular complexity index is 336. The van der Waals surface area contributed by atoms with E-state index in [1.807, 2.05) is 0 Å². The molecule has 1 aliphatic heterocycles. The van der Waals surface area contributed by atoms with Crippen molar-refractivity contribution in [1.29, 1.82) is 5.41 Å². The number of hydrogen-bond acceptors (Lipinski definition) is 5. The van der Waals surface area contributed by atoms with Crippen LogP contribution in [0.25, 0.3) is 0 Å². The van der Waals surface area contributed by atoms with Crippen LogP contribution in [0.2, 0.25) is 0 Å². The zero-order valence-electron chi connectivity index (χ0n) is 8.99. The van der Waals surface area contributed by atoms with E-state index in [4.69, 9.17) is 15.3 Å². The van der Waals surface area contributed by atoms with E-state index in [1.54, 1.807) is 0 Å². The Morgan fingerprint density at radius 3 is 3.00 bits per heavy atom. The van der Waals surface area contributed by atoms with Gasteiger partial charge in [-0.3, -0.25) is 10.2 Å². The maximum absolute atomic E-state index is 10.6. The zero-order valence-corrected chi connectivity index (χ0v) is 8.99. The molecule has 0 aromatic rings. The molecule has 16 heavy (non-hydrogen) atoms. The lowest BCUT2D eigenvalue weighted by Gasteiger charge is -2.09. The van der Waals surface area contributed by atoms with Crippen LogP contribution >= 0.6 is 0 Å². The summed E-state index contributed by atoms with van der Waals surface area (Å²) in [5.41, 5.74) is 0. The van der Waals surface area contributed by atoms with E-state index in [0.717, 1.165) is 12.7 Å². The molecule has 1 atom stereocenters. The van der Waals surface area contributed by atoms with E-state index >= 15 is 0 Å². The molecular weight excluding hydrogens is 210 g/mol. The minimum atomic E-state index is -0.280. The number of hydrogen-bond donors (Lipinski definition) is 4. The van der Waals surface area contributed by atoms with Gasteiger partial charge < -0.3 is 20.5 Å². The number of carbonyl (C=O) groups is 1. The molecule has 88 valence electrons. The molecule has 0 spiro atoms. The standard InChI is InChI=1S/C10H15N3O3/c1-7(15)13-9(11)4-5-12-10-3-2-8(6-14)16-10/h4-6,10,12,14H,2-3H2,1H3,(H2,11,13,15)/b5-4-,8-6-. The van der Waals surface area contributed by atoms with Gasteiger partial charge in [0.15, 0.2) is 6.23 Å². The summed E-state index contributed by atoms with van der Waals surface area (Å²) in [5.74, 6) is 0.274. The maximum atomic E-state index is 10.6. The van der Waals surface area contributed by atoms with E-state index in [9.17, 15) is 4.79 Å². The van der Waals surface area contributed by atoms with Gasteiger partial charge >= 0.3 is 0 Å². The Kier molecular flexibility index (Phi) is 4.38. The predicted octanol–water partition coefficient (Wildman–Crippen LogP) is 0.739. The van der Waals surface area contributed by atoms with Crippen LogP contribution in [-0.4, -0.2) is 23.1 Å². The molecule has 0 bridgehead atoms. The summed E-state index contributed by atoms with van der Waals surface area (Å²) >= 11 is 0. The third-order valence-electron chi connectivity index (χ3n) is 1.93. The molecule has 0 radical (unpaired) electrons. The highest BCUT2D eigenvalue weighted by molar-refractivity contribution is 6.01. The maximum Gasteiger partial charge on any atom is 0.222 e. The van der Waals surface area contributed by atoms with Gasteiger partial charge in [-0.05, 0) is 6.08 Å². The van der Waals surface area contributed by atoms with Gasteiger partial charge in [0.05, 0.1) is 0 Å². The highest BCUT2D eigenvalue weighted by atomic mass is 16.5. The van der Waals surface area contributed by atoms with Gasteiger partial charge in [0, 0.05) is 26.0 Å². The van der Waals surface area contributed by atoms with E-state index in [1.165, 1.54) is 19.2 Å². The van der Waals surface area contributed by atoms with E-state index in [2.05, 4.69) is 10.6 Å². The second-order valence-electron chi connectivity index (χ2n) is 3.34. The molecular formula is C10H15N3O3. The van der Waals surface area contributed by atoms with Crippen LogP contribution < -0.4 is 10.6 Å². The van der Waals surface area contributed by atoms with E-state index in [0.29, 0.717) is 12.2 Å². The number of aliphatic hydroxyl groups is 1. The molecule has 1 amide bonds. The fourth-order valence-electron chi connectivity index (χ4n) is 1.26. The summed E-state index contributed by atoms with van der Waals surface area (Å²) in [4.78, 5) is 10.6. The van der Waals surface area contributed by atoms with Gasteiger partial charge in [0.25, 0.3) is 0 Å². The number of carbonyl (C=O) groups excluding carboxylic acids is 1. The smallest absolute Gasteiger partial charge is 0.222 e. The number of rotatable bonds is 3. The molecule has 4 N–H and O–H groups in total. The third kappa shape index (κ3) is 4.04. The van der Waals surface area contributed by atoms with Crippen LogP contribution in [0.15, 0.2) is 24.3 Å². The molecule has 1 aliphatic rings. The second-order valence-corrected chi connectivity index (χ2v) is 3.34. The van der Waals surface area contributed by atoms with Crippen molar-refractivity contribution in [2.24, 2.45) is 0 Å². The quantitative estimate of drug-likeness (QED) is 0.323. The molecule has 0 aromatic heterocycles. The van der Waals surface area contributed by atoms with Crippen LogP contribution in [-0.2, 0) is 9.53 Å². The van der Waals surface area contributed by atoms with Crippen molar-refractivity contribution >= 4 is 11.7 Å². The normalized spacial score (nSPS) is 22.1. The molecule has 6 heteroatoms. The molecule has 1 heterocycles. The molecule has 1 fully saturated rings. The van der Waals surface area contributed by atoms with Gasteiger partial charge in [0.2, 0.25) is 5.91 Å². The van der Waals surface area contributed by atoms with Crippen molar-refractivity contribution in [3.63, 3.8) is 0 Å². The second kappa shape index (κ2) is 5.79. The fraction of sp³-hybridized carbons (Fsp3) is 0.400. The first kappa shape index (κ1) is 12.1. The number of nitrogens with one attached hydrogen (secondary N) is 3. The van der Waals surface area contributed by atoms with Crippen molar-refractivity contribution in [2.75, 3.05) is 0 Å². The van der Waals surface area contributed by atoms with Crippen molar-refractivity contribution in [1.82, 2.24) is 10.6 Å². The predicted molar refractivity (Wildman–Crippen MR) is 58.6 cm³/mol. The van der Waals surface area contributed by atoms with Gasteiger partial charge in [-0.1, -0.05) is 0 Å². The Morgan fingerprint density at radius 2 is 2.44 bits per heavy atom. The highest BCUT2D eigenvalue weighted by Gasteiger charge is 2.18. The van der Waals surface area contributed by atoms with Crippen molar-refractivity contribution in [3.8, 4) is 0 Å². The van der Waals surface area contributed by atoms with Gasteiger partial charge in [-0.15, -0.1) is 0 Å². The molecule has 0 aliphatic carbocycles. The van der Waals surface area contributed by atoms with Gasteiger partial charge in [0.1, 0.15) is 17.9 Å². The average Bonchev–Trinajstić information content (AvgIpc) is 2.64. The molecule has 1 saturated heterocycles. The summed E-state index contributed by atoms with van der Waals surface area (Å²) < 4.78 is 5.26. The Morgan fingerprint density at radius 1 is 1.69 bits per heavy atom. The Labute approximate surface area is 93.5 Å². The lowest BCUT2D eigenvalue weighted by molar-refractivity contribution is -0.117. The van der Waals surface area contributed by atoms with Crippen LogP contribution in [0.3, 0.4) is 0 Å². The molecule has 1 rings (SSSR count). The van der Waals surface area contributed by atoms with Crippen LogP contribution in [0.4, 0.5) is 0 Å². The van der Waals surface area contributed by atoms with E-state index in [-0.39, 0.29) is 18.0 Å². The fourth-order valence-corrected chi connectivity index (χ4v) is 1.26. The first-order valence-electron chi connectivity index (χ1n) is 4.90. The molecule has 0 aromatic carbocycles. The first-order valence-corrected chi connectivity index (χ1v) is 4.90. The first-order chi connectivity index (χ1) is 7.61. The van der Waals surface area contributed by atoms with Crippen molar-refractivity contribution in [2.45, 2.75) is 26.0 Å². The lowest BCUT2D eigenvalue weighted by Crippen LogP contribution is -2.27. The van der Waals surface area contributed by atoms with Gasteiger partial charge in [-0.25, -0.2) is 0 Å². The minimum absolute atomic E-state index is 0.0101. The minimum Gasteiger partial charge on any atom is -0.512 e. The topological polar surface area (TPSA) is 94.4 Å². The number of aliphatic hydroxyl groups excluding tert-OH is 1. The molecule has 6 nitrogen and oxygen atoms in total. The summed E-state index contributed by atoms with van der Waals surface area (Å²) in [6.07, 6.45) is 5.15.